The maximum Gasteiger partial charge on any atom is 0.295 e. The van der Waals surface area contributed by atoms with E-state index in [1.54, 1.807) is 29.2 Å². The van der Waals surface area contributed by atoms with E-state index in [-0.39, 0.29) is 17.5 Å². The van der Waals surface area contributed by atoms with Crippen molar-refractivity contribution in [1.82, 2.24) is 9.88 Å². The van der Waals surface area contributed by atoms with Crippen LogP contribution in [0, 0.1) is 5.82 Å². The molecule has 2 fully saturated rings. The predicted molar refractivity (Wildman–Crippen MR) is 115 cm³/mol. The van der Waals surface area contributed by atoms with Crippen molar-refractivity contribution in [3.8, 4) is 0 Å². The van der Waals surface area contributed by atoms with E-state index >= 15 is 0 Å². The minimum atomic E-state index is -0.461. The fourth-order valence-corrected chi connectivity index (χ4v) is 4.46. The van der Waals surface area contributed by atoms with Gasteiger partial charge in [0.2, 0.25) is 0 Å². The summed E-state index contributed by atoms with van der Waals surface area (Å²) in [6, 6.07) is 10.5. The summed E-state index contributed by atoms with van der Waals surface area (Å²) in [7, 11) is 0. The Morgan fingerprint density at radius 2 is 2.03 bits per heavy atom. The van der Waals surface area contributed by atoms with E-state index in [0.717, 1.165) is 37.9 Å². The molecule has 1 atom stereocenters. The number of hydrogen-bond donors (Lipinski definition) is 1. The van der Waals surface area contributed by atoms with Crippen molar-refractivity contribution >= 4 is 40.3 Å². The molecule has 2 aliphatic rings. The summed E-state index contributed by atoms with van der Waals surface area (Å²) < 4.78 is 20.4. The third kappa shape index (κ3) is 3.58. The molecule has 5 rings (SSSR count). The Hall–Kier alpha value is -2.80. The molecule has 2 saturated heterocycles. The summed E-state index contributed by atoms with van der Waals surface area (Å²) in [5.74, 6) is -0.722. The van der Waals surface area contributed by atoms with Crippen LogP contribution in [0.1, 0.15) is 29.6 Å². The first-order valence-corrected chi connectivity index (χ1v) is 10.6. The second kappa shape index (κ2) is 7.80. The number of nitrogens with zero attached hydrogens (tertiary/aromatic N) is 3. The molecule has 0 aliphatic carbocycles. The smallest absolute Gasteiger partial charge is 0.295 e. The fourth-order valence-electron chi connectivity index (χ4n) is 4.30. The molecule has 2 aromatic carbocycles. The first-order chi connectivity index (χ1) is 14.6. The molecule has 0 saturated carbocycles. The maximum atomic E-state index is 14.7. The Labute approximate surface area is 178 Å². The molecular weight excluding hydrogens is 407 g/mol. The standard InChI is InChI=1S/C22H22ClFN4O2/c23-14-6-7-17-19(12-14)30-22(26-17)25-15-8-11-28(13-15)21(29)20-16(24)4-3-5-18(20)27-9-1-2-10-27/h3-7,12,15H,1-2,8-11,13H2,(H,25,26)/t15-/m1/s1. The summed E-state index contributed by atoms with van der Waals surface area (Å²) in [6.45, 7) is 2.73. The van der Waals surface area contributed by atoms with Crippen LogP contribution in [0.25, 0.3) is 11.1 Å². The monoisotopic (exact) mass is 428 g/mol. The van der Waals surface area contributed by atoms with Gasteiger partial charge in [0.1, 0.15) is 11.3 Å². The third-order valence-corrected chi connectivity index (χ3v) is 6.04. The maximum absolute atomic E-state index is 14.7. The Balaban J connectivity index is 1.31. The number of halogens is 2. The van der Waals surface area contributed by atoms with E-state index in [1.165, 1.54) is 6.07 Å². The molecular formula is C22H22ClFN4O2. The van der Waals surface area contributed by atoms with Gasteiger partial charge >= 0.3 is 0 Å². The van der Waals surface area contributed by atoms with Crippen LogP contribution in [0.15, 0.2) is 40.8 Å². The van der Waals surface area contributed by atoms with Crippen molar-refractivity contribution in [1.29, 1.82) is 0 Å². The van der Waals surface area contributed by atoms with E-state index in [1.807, 2.05) is 6.07 Å². The Morgan fingerprint density at radius 1 is 1.20 bits per heavy atom. The number of likely N-dealkylation sites (tertiary alicyclic amines) is 1. The number of fused-ring (bicyclic) bond motifs is 1. The molecule has 0 bridgehead atoms. The van der Waals surface area contributed by atoms with Gasteiger partial charge < -0.3 is 19.5 Å². The van der Waals surface area contributed by atoms with Crippen molar-refractivity contribution in [3.63, 3.8) is 0 Å². The van der Waals surface area contributed by atoms with Crippen LogP contribution >= 0.6 is 11.6 Å². The minimum absolute atomic E-state index is 0.0144. The third-order valence-electron chi connectivity index (χ3n) is 5.81. The average Bonchev–Trinajstić information content (AvgIpc) is 3.48. The zero-order valence-corrected chi connectivity index (χ0v) is 17.2. The van der Waals surface area contributed by atoms with Crippen LogP contribution < -0.4 is 10.2 Å². The highest BCUT2D eigenvalue weighted by Gasteiger charge is 2.32. The summed E-state index contributed by atoms with van der Waals surface area (Å²) >= 11 is 6.00. The summed E-state index contributed by atoms with van der Waals surface area (Å²) in [4.78, 5) is 21.4. The van der Waals surface area contributed by atoms with Gasteiger partial charge in [0.05, 0.1) is 11.3 Å². The SMILES string of the molecule is O=C(c1c(F)cccc1N1CCCC1)N1CC[C@@H](Nc2nc3ccc(Cl)cc3o2)C1. The lowest BCUT2D eigenvalue weighted by Crippen LogP contribution is -2.33. The van der Waals surface area contributed by atoms with Gasteiger partial charge in [0.25, 0.3) is 11.9 Å². The molecule has 156 valence electrons. The number of oxazole rings is 1. The highest BCUT2D eigenvalue weighted by atomic mass is 35.5. The van der Waals surface area contributed by atoms with E-state index < -0.39 is 5.82 Å². The van der Waals surface area contributed by atoms with Crippen LogP contribution in [0.4, 0.5) is 16.1 Å². The number of carbonyl (C=O) groups excluding carboxylic acids is 1. The molecule has 1 amide bonds. The van der Waals surface area contributed by atoms with Crippen LogP contribution in [0.3, 0.4) is 0 Å². The molecule has 6 nitrogen and oxygen atoms in total. The lowest BCUT2D eigenvalue weighted by atomic mass is 10.1. The highest BCUT2D eigenvalue weighted by molar-refractivity contribution is 6.31. The normalized spacial score (nSPS) is 19.1. The van der Waals surface area contributed by atoms with Crippen molar-refractivity contribution in [3.05, 3.63) is 52.8 Å². The molecule has 1 aromatic heterocycles. The molecule has 1 N–H and O–H groups in total. The second-order valence-electron chi connectivity index (χ2n) is 7.84. The number of nitrogens with one attached hydrogen (secondary N) is 1. The number of anilines is 2. The van der Waals surface area contributed by atoms with E-state index in [4.69, 9.17) is 16.0 Å². The van der Waals surface area contributed by atoms with E-state index in [2.05, 4.69) is 15.2 Å². The van der Waals surface area contributed by atoms with Crippen LogP contribution in [-0.2, 0) is 0 Å². The lowest BCUT2D eigenvalue weighted by molar-refractivity contribution is 0.0787. The number of carbonyl (C=O) groups is 1. The van der Waals surface area contributed by atoms with Crippen LogP contribution in [0.2, 0.25) is 5.02 Å². The average molecular weight is 429 g/mol. The Morgan fingerprint density at radius 3 is 2.87 bits per heavy atom. The van der Waals surface area contributed by atoms with Gasteiger partial charge in [0.15, 0.2) is 5.58 Å². The number of benzene rings is 2. The van der Waals surface area contributed by atoms with Crippen molar-refractivity contribution < 1.29 is 13.6 Å². The first kappa shape index (κ1) is 19.2. The van der Waals surface area contributed by atoms with Gasteiger partial charge in [-0.25, -0.2) is 4.39 Å². The molecule has 30 heavy (non-hydrogen) atoms. The molecule has 2 aliphatic heterocycles. The number of aromatic nitrogens is 1. The fraction of sp³-hybridized carbons (Fsp3) is 0.364. The molecule has 0 spiro atoms. The van der Waals surface area contributed by atoms with E-state index in [9.17, 15) is 9.18 Å². The topological polar surface area (TPSA) is 61.6 Å². The van der Waals surface area contributed by atoms with Gasteiger partial charge in [0, 0.05) is 43.3 Å². The molecule has 3 heterocycles. The highest BCUT2D eigenvalue weighted by Crippen LogP contribution is 2.30. The second-order valence-corrected chi connectivity index (χ2v) is 8.28. The zero-order chi connectivity index (χ0) is 20.7. The quantitative estimate of drug-likeness (QED) is 0.660. The Kier molecular flexibility index (Phi) is 4.98. The molecule has 0 radical (unpaired) electrons. The van der Waals surface area contributed by atoms with Crippen LogP contribution in [-0.4, -0.2) is 48.0 Å². The van der Waals surface area contributed by atoms with E-state index in [0.29, 0.717) is 35.4 Å². The number of rotatable bonds is 4. The molecule has 3 aromatic rings. The van der Waals surface area contributed by atoms with Crippen molar-refractivity contribution in [2.75, 3.05) is 36.4 Å². The number of hydrogen-bond acceptors (Lipinski definition) is 5. The van der Waals surface area contributed by atoms with Crippen LogP contribution in [0.5, 0.6) is 0 Å². The molecule has 8 heteroatoms. The summed E-state index contributed by atoms with van der Waals surface area (Å²) in [6.07, 6.45) is 2.86. The molecule has 0 unspecified atom stereocenters. The van der Waals surface area contributed by atoms with Gasteiger partial charge in [-0.05, 0) is 43.5 Å². The van der Waals surface area contributed by atoms with Gasteiger partial charge in [-0.3, -0.25) is 4.79 Å². The van der Waals surface area contributed by atoms with Gasteiger partial charge in [-0.1, -0.05) is 17.7 Å². The predicted octanol–water partition coefficient (Wildman–Crippen LogP) is 4.55. The van der Waals surface area contributed by atoms with Gasteiger partial charge in [-0.2, -0.15) is 4.98 Å². The Bertz CT molecular complexity index is 1100. The first-order valence-electron chi connectivity index (χ1n) is 10.2. The lowest BCUT2D eigenvalue weighted by Gasteiger charge is -2.24. The van der Waals surface area contributed by atoms with Crippen molar-refractivity contribution in [2.24, 2.45) is 0 Å². The summed E-state index contributed by atoms with van der Waals surface area (Å²) in [5, 5.41) is 3.84. The minimum Gasteiger partial charge on any atom is -0.423 e. The largest absolute Gasteiger partial charge is 0.423 e. The van der Waals surface area contributed by atoms with Gasteiger partial charge in [-0.15, -0.1) is 0 Å². The summed E-state index contributed by atoms with van der Waals surface area (Å²) in [5.41, 5.74) is 2.20. The zero-order valence-electron chi connectivity index (χ0n) is 16.4. The number of amides is 1. The van der Waals surface area contributed by atoms with Crippen molar-refractivity contribution in [2.45, 2.75) is 25.3 Å².